The summed E-state index contributed by atoms with van der Waals surface area (Å²) in [7, 11) is 0. The Kier molecular flexibility index (Phi) is 2.32. The molecule has 0 aromatic heterocycles. The minimum absolute atomic E-state index is 0.467. The zero-order valence-electron chi connectivity index (χ0n) is 8.23. The van der Waals surface area contributed by atoms with Crippen LogP contribution in [0.15, 0.2) is 48.6 Å². The van der Waals surface area contributed by atoms with Gasteiger partial charge in [0.1, 0.15) is 0 Å². The van der Waals surface area contributed by atoms with E-state index in [-0.39, 0.29) is 0 Å². The number of hydrogen-bond acceptors (Lipinski definition) is 2. The predicted molar refractivity (Wildman–Crippen MR) is 59.9 cm³/mol. The summed E-state index contributed by atoms with van der Waals surface area (Å²) in [5.74, 6) is -2.30. The first-order chi connectivity index (χ1) is 7.09. The molecule has 0 bridgehead atoms. The summed E-state index contributed by atoms with van der Waals surface area (Å²) < 4.78 is 14.0. The van der Waals surface area contributed by atoms with Crippen LogP contribution in [0.3, 0.4) is 0 Å². The van der Waals surface area contributed by atoms with E-state index < -0.39 is 11.7 Å². The second-order valence-electron chi connectivity index (χ2n) is 3.72. The van der Waals surface area contributed by atoms with Crippen LogP contribution in [0.5, 0.6) is 0 Å². The predicted octanol–water partition coefficient (Wildman–Crippen LogP) is 2.10. The maximum atomic E-state index is 14.0. The van der Waals surface area contributed by atoms with E-state index in [2.05, 4.69) is 0 Å². The van der Waals surface area contributed by atoms with Gasteiger partial charge in [-0.05, 0) is 23.8 Å². The number of allylic oxidation sites excluding steroid dienone is 2. The lowest BCUT2D eigenvalue weighted by molar-refractivity contribution is 0.214. The van der Waals surface area contributed by atoms with E-state index in [4.69, 9.17) is 11.5 Å². The molecule has 0 spiro atoms. The summed E-state index contributed by atoms with van der Waals surface area (Å²) in [5.41, 5.74) is 12.6. The van der Waals surface area contributed by atoms with E-state index in [0.29, 0.717) is 5.69 Å². The van der Waals surface area contributed by atoms with Crippen LogP contribution < -0.4 is 11.5 Å². The van der Waals surface area contributed by atoms with Gasteiger partial charge in [-0.25, -0.2) is 4.39 Å². The molecule has 1 aliphatic carbocycles. The van der Waals surface area contributed by atoms with E-state index in [1.807, 2.05) is 6.07 Å². The molecular weight excluding hydrogens is 191 g/mol. The fraction of sp³-hybridized carbons (Fsp3) is 0.167. The smallest absolute Gasteiger partial charge is 0.188 e. The molecule has 0 amide bonds. The molecule has 0 radical (unpaired) electrons. The van der Waals surface area contributed by atoms with Crippen molar-refractivity contribution in [3.8, 4) is 0 Å². The van der Waals surface area contributed by atoms with Crippen molar-refractivity contribution in [2.24, 2.45) is 5.73 Å². The largest absolute Gasteiger partial charge is 0.399 e. The molecule has 15 heavy (non-hydrogen) atoms. The van der Waals surface area contributed by atoms with Crippen molar-refractivity contribution < 1.29 is 4.39 Å². The average molecular weight is 204 g/mol. The molecule has 1 aromatic carbocycles. The first kappa shape index (κ1) is 9.93. The number of halogens is 1. The third-order valence-corrected chi connectivity index (χ3v) is 2.51. The number of benzene rings is 1. The van der Waals surface area contributed by atoms with Gasteiger partial charge in [0, 0.05) is 5.69 Å². The van der Waals surface area contributed by atoms with Gasteiger partial charge in [-0.3, -0.25) is 5.73 Å². The zero-order valence-corrected chi connectivity index (χ0v) is 8.23. The van der Waals surface area contributed by atoms with Gasteiger partial charge < -0.3 is 5.73 Å². The van der Waals surface area contributed by atoms with Crippen molar-refractivity contribution in [1.82, 2.24) is 0 Å². The Labute approximate surface area is 88.1 Å². The molecule has 0 heterocycles. The van der Waals surface area contributed by atoms with Gasteiger partial charge in [0.05, 0.1) is 5.92 Å². The topological polar surface area (TPSA) is 52.0 Å². The third-order valence-electron chi connectivity index (χ3n) is 2.51. The van der Waals surface area contributed by atoms with Crippen molar-refractivity contribution in [2.75, 3.05) is 5.73 Å². The molecule has 0 saturated heterocycles. The third kappa shape index (κ3) is 1.92. The lowest BCUT2D eigenvalue weighted by Gasteiger charge is -2.27. The Bertz CT molecular complexity index is 421. The zero-order chi connectivity index (χ0) is 10.9. The highest BCUT2D eigenvalue weighted by molar-refractivity contribution is 5.45. The van der Waals surface area contributed by atoms with Crippen molar-refractivity contribution in [3.63, 3.8) is 0 Å². The van der Waals surface area contributed by atoms with Crippen LogP contribution in [0.2, 0.25) is 0 Å². The van der Waals surface area contributed by atoms with Crippen LogP contribution in [0.4, 0.5) is 10.1 Å². The molecule has 4 N–H and O–H groups in total. The number of hydrogen-bond donors (Lipinski definition) is 2. The minimum atomic E-state index is -1.83. The maximum Gasteiger partial charge on any atom is 0.188 e. The van der Waals surface area contributed by atoms with Gasteiger partial charge in [0.2, 0.25) is 0 Å². The Morgan fingerprint density at radius 3 is 2.73 bits per heavy atom. The number of rotatable bonds is 1. The van der Waals surface area contributed by atoms with E-state index >= 15 is 0 Å². The SMILES string of the molecule is Nc1cccc(C2C=CC=CC2(N)F)c1. The van der Waals surface area contributed by atoms with Gasteiger partial charge in [-0.2, -0.15) is 0 Å². The van der Waals surface area contributed by atoms with E-state index in [0.717, 1.165) is 5.56 Å². The van der Waals surface area contributed by atoms with Crippen LogP contribution in [0.1, 0.15) is 11.5 Å². The highest BCUT2D eigenvalue weighted by atomic mass is 19.1. The number of nitrogen functional groups attached to an aromatic ring is 1. The quantitative estimate of drug-likeness (QED) is 0.543. The number of anilines is 1. The summed E-state index contributed by atoms with van der Waals surface area (Å²) in [5, 5.41) is 0. The summed E-state index contributed by atoms with van der Waals surface area (Å²) in [4.78, 5) is 0. The Hall–Kier alpha value is -1.61. The lowest BCUT2D eigenvalue weighted by atomic mass is 9.86. The summed E-state index contributed by atoms with van der Waals surface area (Å²) in [6.07, 6.45) is 6.51. The number of nitrogens with two attached hydrogens (primary N) is 2. The lowest BCUT2D eigenvalue weighted by Crippen LogP contribution is -2.39. The normalized spacial score (nSPS) is 29.3. The molecule has 3 heteroatoms. The van der Waals surface area contributed by atoms with Crippen LogP contribution in [0, 0.1) is 0 Å². The molecule has 2 rings (SSSR count). The Morgan fingerprint density at radius 2 is 2.07 bits per heavy atom. The maximum absolute atomic E-state index is 14.0. The van der Waals surface area contributed by atoms with Crippen molar-refractivity contribution in [1.29, 1.82) is 0 Å². The molecule has 0 aliphatic heterocycles. The van der Waals surface area contributed by atoms with Gasteiger partial charge in [0.25, 0.3) is 0 Å². The average Bonchev–Trinajstić information content (AvgIpc) is 2.17. The van der Waals surface area contributed by atoms with Crippen LogP contribution in [-0.2, 0) is 0 Å². The van der Waals surface area contributed by atoms with E-state index in [1.54, 1.807) is 36.4 Å². The van der Waals surface area contributed by atoms with Crippen molar-refractivity contribution in [3.05, 3.63) is 54.1 Å². The van der Waals surface area contributed by atoms with E-state index in [9.17, 15) is 4.39 Å². The monoisotopic (exact) mass is 204 g/mol. The number of alkyl halides is 1. The van der Waals surface area contributed by atoms with Crippen molar-refractivity contribution in [2.45, 2.75) is 11.7 Å². The van der Waals surface area contributed by atoms with Gasteiger partial charge >= 0.3 is 0 Å². The van der Waals surface area contributed by atoms with Crippen LogP contribution in [0.25, 0.3) is 0 Å². The van der Waals surface area contributed by atoms with E-state index in [1.165, 1.54) is 6.08 Å². The first-order valence-electron chi connectivity index (χ1n) is 4.79. The van der Waals surface area contributed by atoms with Gasteiger partial charge in [0.15, 0.2) is 5.79 Å². The highest BCUT2D eigenvalue weighted by Gasteiger charge is 2.33. The molecule has 1 aliphatic rings. The molecule has 2 atom stereocenters. The second kappa shape index (κ2) is 3.51. The molecular formula is C12H13FN2. The van der Waals surface area contributed by atoms with Gasteiger partial charge in [-0.1, -0.05) is 30.4 Å². The summed E-state index contributed by atoms with van der Waals surface area (Å²) >= 11 is 0. The fourth-order valence-corrected chi connectivity index (χ4v) is 1.75. The minimum Gasteiger partial charge on any atom is -0.399 e. The first-order valence-corrected chi connectivity index (χ1v) is 4.79. The molecule has 0 saturated carbocycles. The molecule has 2 nitrogen and oxygen atoms in total. The van der Waals surface area contributed by atoms with Crippen LogP contribution in [-0.4, -0.2) is 5.79 Å². The fourth-order valence-electron chi connectivity index (χ4n) is 1.75. The summed E-state index contributed by atoms with van der Waals surface area (Å²) in [6, 6.07) is 7.14. The van der Waals surface area contributed by atoms with Crippen molar-refractivity contribution >= 4 is 5.69 Å². The second-order valence-corrected chi connectivity index (χ2v) is 3.72. The van der Waals surface area contributed by atoms with Gasteiger partial charge in [-0.15, -0.1) is 0 Å². The summed E-state index contributed by atoms with van der Waals surface area (Å²) in [6.45, 7) is 0. The molecule has 2 unspecified atom stereocenters. The molecule has 1 aromatic rings. The van der Waals surface area contributed by atoms with Crippen LogP contribution >= 0.6 is 0 Å². The standard InChI is InChI=1S/C12H13FN2/c13-12(15)7-2-1-6-11(12)9-4-3-5-10(14)8-9/h1-8,11H,14-15H2. The molecule has 0 fully saturated rings. The molecule has 78 valence electrons. The Balaban J connectivity index is 2.39. The Morgan fingerprint density at radius 1 is 1.27 bits per heavy atom. The highest BCUT2D eigenvalue weighted by Crippen LogP contribution is 2.33.